The Balaban J connectivity index is 1.92. The minimum atomic E-state index is -0.235. The highest BCUT2D eigenvalue weighted by Gasteiger charge is 2.49. The predicted octanol–water partition coefficient (Wildman–Crippen LogP) is 3.92. The van der Waals surface area contributed by atoms with Gasteiger partial charge < -0.3 is 19.7 Å². The van der Waals surface area contributed by atoms with Crippen LogP contribution in [0, 0.1) is 11.8 Å². The van der Waals surface area contributed by atoms with E-state index in [2.05, 4.69) is 50.3 Å². The van der Waals surface area contributed by atoms with Gasteiger partial charge in [-0.05, 0) is 57.5 Å². The van der Waals surface area contributed by atoms with Crippen molar-refractivity contribution in [3.8, 4) is 5.75 Å². The van der Waals surface area contributed by atoms with E-state index in [1.807, 2.05) is 6.07 Å². The van der Waals surface area contributed by atoms with Crippen LogP contribution in [0.25, 0.3) is 0 Å². The lowest BCUT2D eigenvalue weighted by molar-refractivity contribution is -0.153. The van der Waals surface area contributed by atoms with Gasteiger partial charge in [-0.15, -0.1) is 0 Å². The summed E-state index contributed by atoms with van der Waals surface area (Å²) in [6.45, 7) is 6.96. The lowest BCUT2D eigenvalue weighted by Crippen LogP contribution is -2.60. The van der Waals surface area contributed by atoms with Gasteiger partial charge >= 0.3 is 0 Å². The van der Waals surface area contributed by atoms with E-state index in [9.17, 15) is 4.79 Å². The van der Waals surface area contributed by atoms with Crippen LogP contribution in [-0.4, -0.2) is 43.7 Å². The molecule has 3 rings (SSSR count). The van der Waals surface area contributed by atoms with E-state index in [1.54, 1.807) is 14.0 Å². The van der Waals surface area contributed by atoms with E-state index in [0.717, 1.165) is 37.1 Å². The first-order valence-electron chi connectivity index (χ1n) is 10.5. The van der Waals surface area contributed by atoms with Gasteiger partial charge in [0.15, 0.2) is 0 Å². The number of ether oxygens (including phenoxy) is 2. The topological polar surface area (TPSA) is 50.8 Å². The Kier molecular flexibility index (Phi) is 6.35. The number of rotatable bonds is 5. The highest BCUT2D eigenvalue weighted by Crippen LogP contribution is 2.48. The molecule has 0 radical (unpaired) electrons. The van der Waals surface area contributed by atoms with Crippen molar-refractivity contribution < 1.29 is 14.3 Å². The molecular formula is C23H36N2O3. The molecule has 0 unspecified atom stereocenters. The zero-order valence-corrected chi connectivity index (χ0v) is 18.2. The standard InChI is InChI=1S/C23H36N2O3/c1-15-7-9-19-21(11-15)28-22(13-23(19,3)24-16(2)26)17-8-10-20(27-6)18(12-17)14-25(4)5/h8,10,12,15,19,21-22H,7,9,11,13-14H2,1-6H3,(H,24,26)/t15-,19-,21-,22-,23-/m1/s1. The van der Waals surface area contributed by atoms with Gasteiger partial charge in [-0.25, -0.2) is 0 Å². The summed E-state index contributed by atoms with van der Waals surface area (Å²) in [5, 5.41) is 3.29. The van der Waals surface area contributed by atoms with Crippen LogP contribution in [0.1, 0.15) is 63.7 Å². The third-order valence-electron chi connectivity index (χ3n) is 6.45. The summed E-state index contributed by atoms with van der Waals surface area (Å²) in [6.07, 6.45) is 4.37. The van der Waals surface area contributed by atoms with Crippen molar-refractivity contribution in [3.63, 3.8) is 0 Å². The smallest absolute Gasteiger partial charge is 0.217 e. The molecule has 1 aromatic carbocycles. The highest BCUT2D eigenvalue weighted by molar-refractivity contribution is 5.73. The minimum Gasteiger partial charge on any atom is -0.496 e. The molecule has 0 bridgehead atoms. The van der Waals surface area contributed by atoms with Gasteiger partial charge in [0.05, 0.1) is 19.3 Å². The second-order valence-electron chi connectivity index (χ2n) is 9.30. The van der Waals surface area contributed by atoms with Crippen molar-refractivity contribution in [2.75, 3.05) is 21.2 Å². The summed E-state index contributed by atoms with van der Waals surface area (Å²) in [5.41, 5.74) is 2.10. The number of fused-ring (bicyclic) bond motifs is 1. The fraction of sp³-hybridized carbons (Fsp3) is 0.696. The van der Waals surface area contributed by atoms with Gasteiger partial charge in [-0.1, -0.05) is 19.4 Å². The van der Waals surface area contributed by atoms with Crippen molar-refractivity contribution in [1.29, 1.82) is 0 Å². The molecule has 1 aliphatic heterocycles. The van der Waals surface area contributed by atoms with E-state index >= 15 is 0 Å². The first-order chi connectivity index (χ1) is 13.2. The van der Waals surface area contributed by atoms with Crippen molar-refractivity contribution in [1.82, 2.24) is 10.2 Å². The van der Waals surface area contributed by atoms with E-state index in [-0.39, 0.29) is 23.7 Å². The summed E-state index contributed by atoms with van der Waals surface area (Å²) in [4.78, 5) is 14.1. The number of amides is 1. The average molecular weight is 389 g/mol. The first-order valence-corrected chi connectivity index (χ1v) is 10.5. The lowest BCUT2D eigenvalue weighted by Gasteiger charge is -2.52. The van der Waals surface area contributed by atoms with Crippen molar-refractivity contribution in [2.45, 2.75) is 70.7 Å². The number of nitrogens with one attached hydrogen (secondary N) is 1. The second-order valence-corrected chi connectivity index (χ2v) is 9.30. The van der Waals surface area contributed by atoms with Gasteiger partial charge in [0.1, 0.15) is 5.75 Å². The molecule has 1 N–H and O–H groups in total. The third-order valence-corrected chi connectivity index (χ3v) is 6.45. The fourth-order valence-electron chi connectivity index (χ4n) is 5.21. The number of nitrogens with zero attached hydrogens (tertiary/aromatic N) is 1. The van der Waals surface area contributed by atoms with Crippen molar-refractivity contribution in [2.24, 2.45) is 11.8 Å². The molecule has 1 saturated carbocycles. The number of methoxy groups -OCH3 is 1. The van der Waals surface area contributed by atoms with Gasteiger partial charge in [0, 0.05) is 36.9 Å². The van der Waals surface area contributed by atoms with Crippen LogP contribution in [0.4, 0.5) is 0 Å². The molecule has 1 saturated heterocycles. The van der Waals surface area contributed by atoms with Crippen LogP contribution >= 0.6 is 0 Å². The summed E-state index contributed by atoms with van der Waals surface area (Å²) >= 11 is 0. The zero-order valence-electron chi connectivity index (χ0n) is 18.2. The van der Waals surface area contributed by atoms with E-state index in [0.29, 0.717) is 11.8 Å². The molecule has 1 amide bonds. The molecule has 5 heteroatoms. The maximum atomic E-state index is 12.0. The van der Waals surface area contributed by atoms with Crippen LogP contribution in [0.3, 0.4) is 0 Å². The summed E-state index contributed by atoms with van der Waals surface area (Å²) < 4.78 is 12.2. The molecular weight excluding hydrogens is 352 g/mol. The Morgan fingerprint density at radius 1 is 1.36 bits per heavy atom. The monoisotopic (exact) mass is 388 g/mol. The second kappa shape index (κ2) is 8.42. The van der Waals surface area contributed by atoms with Gasteiger partial charge in [-0.2, -0.15) is 0 Å². The van der Waals surface area contributed by atoms with Crippen LogP contribution in [0.2, 0.25) is 0 Å². The molecule has 5 nitrogen and oxygen atoms in total. The molecule has 2 aliphatic rings. The molecule has 1 aliphatic carbocycles. The summed E-state index contributed by atoms with van der Waals surface area (Å²) in [5.74, 6) is 2.00. The Morgan fingerprint density at radius 3 is 2.75 bits per heavy atom. The molecule has 0 aromatic heterocycles. The van der Waals surface area contributed by atoms with Gasteiger partial charge in [0.2, 0.25) is 5.91 Å². The Hall–Kier alpha value is -1.59. The van der Waals surface area contributed by atoms with Crippen molar-refractivity contribution in [3.05, 3.63) is 29.3 Å². The molecule has 2 fully saturated rings. The van der Waals surface area contributed by atoms with E-state index < -0.39 is 0 Å². The molecule has 1 heterocycles. The summed E-state index contributed by atoms with van der Waals surface area (Å²) in [6, 6.07) is 6.37. The minimum absolute atomic E-state index is 0.0183. The molecule has 0 spiro atoms. The molecule has 28 heavy (non-hydrogen) atoms. The van der Waals surface area contributed by atoms with Crippen LogP contribution in [0.15, 0.2) is 18.2 Å². The third kappa shape index (κ3) is 4.52. The first kappa shape index (κ1) is 21.1. The van der Waals surface area contributed by atoms with E-state index in [1.165, 1.54) is 12.0 Å². The summed E-state index contributed by atoms with van der Waals surface area (Å²) in [7, 11) is 5.84. The molecule has 1 aromatic rings. The Morgan fingerprint density at radius 2 is 2.11 bits per heavy atom. The zero-order chi connectivity index (χ0) is 20.5. The lowest BCUT2D eigenvalue weighted by atomic mass is 9.66. The fourth-order valence-corrected chi connectivity index (χ4v) is 5.21. The number of hydrogen-bond donors (Lipinski definition) is 1. The van der Waals surface area contributed by atoms with Gasteiger partial charge in [0.25, 0.3) is 0 Å². The average Bonchev–Trinajstić information content (AvgIpc) is 2.59. The number of benzene rings is 1. The highest BCUT2D eigenvalue weighted by atomic mass is 16.5. The van der Waals surface area contributed by atoms with Gasteiger partial charge in [-0.3, -0.25) is 4.79 Å². The maximum absolute atomic E-state index is 12.0. The predicted molar refractivity (Wildman–Crippen MR) is 111 cm³/mol. The SMILES string of the molecule is COc1ccc([C@H]2C[C@@](C)(NC(C)=O)[C@@H]3CC[C@@H](C)C[C@H]3O2)cc1CN(C)C. The number of carbonyl (C=O) groups excluding carboxylic acids is 1. The largest absolute Gasteiger partial charge is 0.496 e. The van der Waals surface area contributed by atoms with Crippen molar-refractivity contribution >= 4 is 5.91 Å². The number of hydrogen-bond acceptors (Lipinski definition) is 4. The molecule has 5 atom stereocenters. The van der Waals surface area contributed by atoms with Crippen LogP contribution in [-0.2, 0) is 16.1 Å². The number of carbonyl (C=O) groups is 1. The quantitative estimate of drug-likeness (QED) is 0.831. The Bertz CT molecular complexity index is 705. The van der Waals surface area contributed by atoms with Crippen LogP contribution in [0.5, 0.6) is 5.75 Å². The maximum Gasteiger partial charge on any atom is 0.217 e. The van der Waals surface area contributed by atoms with E-state index in [4.69, 9.17) is 9.47 Å². The normalized spacial score (nSPS) is 32.7. The van der Waals surface area contributed by atoms with Crippen LogP contribution < -0.4 is 10.1 Å². The Labute approximate surface area is 169 Å². The molecule has 156 valence electrons.